The van der Waals surface area contributed by atoms with Crippen molar-refractivity contribution in [2.75, 3.05) is 5.75 Å². The molecule has 1 heterocycles. The van der Waals surface area contributed by atoms with Crippen LogP contribution in [0.3, 0.4) is 0 Å². The van der Waals surface area contributed by atoms with E-state index in [0.717, 1.165) is 6.07 Å². The van der Waals surface area contributed by atoms with Gasteiger partial charge in [-0.15, -0.1) is 11.8 Å². The average molecular weight is 332 g/mol. The third-order valence-corrected chi connectivity index (χ3v) is 5.10. The Balaban J connectivity index is 2.40. The van der Waals surface area contributed by atoms with Crippen LogP contribution in [0.2, 0.25) is 0 Å². The van der Waals surface area contributed by atoms with Crippen LogP contribution in [0.4, 0.5) is 13.2 Å². The van der Waals surface area contributed by atoms with Crippen molar-refractivity contribution < 1.29 is 22.5 Å². The zero-order valence-electron chi connectivity index (χ0n) is 13.4. The van der Waals surface area contributed by atoms with Crippen LogP contribution in [0, 0.1) is 0 Å². The molecule has 0 aromatic heterocycles. The highest BCUT2D eigenvalue weighted by atomic mass is 32.2. The van der Waals surface area contributed by atoms with Crippen molar-refractivity contribution in [3.63, 3.8) is 0 Å². The normalized spacial score (nSPS) is 20.5. The fraction of sp³-hybridized carbons (Fsp3) is 0.600. The molecule has 0 radical (unpaired) electrons. The van der Waals surface area contributed by atoms with E-state index >= 15 is 0 Å². The number of alkyl halides is 3. The Hall–Kier alpha value is -0.655. The molecule has 1 aromatic rings. The van der Waals surface area contributed by atoms with E-state index in [1.54, 1.807) is 0 Å². The van der Waals surface area contributed by atoms with Gasteiger partial charge in [-0.05, 0) is 45.0 Å². The lowest BCUT2D eigenvalue weighted by Gasteiger charge is -2.32. The number of rotatable bonds is 3. The molecule has 2 rings (SSSR count). The zero-order chi connectivity index (χ0) is 16.8. The Bertz CT molecular complexity index is 542. The predicted molar refractivity (Wildman–Crippen MR) is 83.6 cm³/mol. The molecule has 0 aliphatic carbocycles. The van der Waals surface area contributed by atoms with Crippen molar-refractivity contribution in [3.05, 3.63) is 23.8 Å². The van der Waals surface area contributed by atoms with Crippen LogP contribution in [0.5, 0.6) is 0 Å². The average Bonchev–Trinajstić information content (AvgIpc) is 2.57. The summed E-state index contributed by atoms with van der Waals surface area (Å²) in [6.45, 7) is 9.58. The maximum atomic E-state index is 12.9. The van der Waals surface area contributed by atoms with Gasteiger partial charge >= 0.3 is 13.3 Å². The SMILES string of the molecule is CCSc1cc(C(F)(F)F)ccc1B1OC(C)(C)C(C)(C)O1. The molecular weight excluding hydrogens is 312 g/mol. The van der Waals surface area contributed by atoms with Crippen LogP contribution in [0.25, 0.3) is 0 Å². The van der Waals surface area contributed by atoms with Gasteiger partial charge in [0.15, 0.2) is 0 Å². The Morgan fingerprint density at radius 3 is 2.09 bits per heavy atom. The van der Waals surface area contributed by atoms with E-state index in [-0.39, 0.29) is 0 Å². The first-order valence-corrected chi connectivity index (χ1v) is 8.16. The molecule has 0 N–H and O–H groups in total. The quantitative estimate of drug-likeness (QED) is 0.613. The van der Waals surface area contributed by atoms with Crippen LogP contribution in [-0.4, -0.2) is 24.1 Å². The third kappa shape index (κ3) is 3.31. The molecule has 1 saturated heterocycles. The molecule has 0 amide bonds. The minimum Gasteiger partial charge on any atom is -0.399 e. The van der Waals surface area contributed by atoms with Crippen molar-refractivity contribution >= 4 is 24.3 Å². The molecule has 1 fully saturated rings. The molecule has 0 saturated carbocycles. The summed E-state index contributed by atoms with van der Waals surface area (Å²) in [5, 5.41) is 0. The third-order valence-electron chi connectivity index (χ3n) is 4.15. The van der Waals surface area contributed by atoms with Gasteiger partial charge in [0.05, 0.1) is 16.8 Å². The van der Waals surface area contributed by atoms with Crippen molar-refractivity contribution in [2.45, 2.75) is 56.9 Å². The van der Waals surface area contributed by atoms with Gasteiger partial charge in [0.2, 0.25) is 0 Å². The largest absolute Gasteiger partial charge is 0.495 e. The van der Waals surface area contributed by atoms with E-state index in [1.165, 1.54) is 23.9 Å². The van der Waals surface area contributed by atoms with Crippen LogP contribution in [-0.2, 0) is 15.5 Å². The standard InChI is InChI=1S/C15H20BF3O2S/c1-6-22-12-9-10(15(17,18)19)7-8-11(12)16-20-13(2,3)14(4,5)21-16/h7-9H,6H2,1-5H3. The Kier molecular flexibility index (Phi) is 4.64. The molecule has 0 bridgehead atoms. The first-order valence-electron chi connectivity index (χ1n) is 7.17. The minimum absolute atomic E-state index is 0.519. The van der Waals surface area contributed by atoms with Gasteiger partial charge < -0.3 is 9.31 Å². The van der Waals surface area contributed by atoms with Gasteiger partial charge in [-0.25, -0.2) is 0 Å². The molecule has 0 atom stereocenters. The van der Waals surface area contributed by atoms with Gasteiger partial charge in [0, 0.05) is 4.90 Å². The molecule has 2 nitrogen and oxygen atoms in total. The van der Waals surface area contributed by atoms with E-state index in [0.29, 0.717) is 16.1 Å². The second-order valence-corrected chi connectivity index (χ2v) is 7.58. The smallest absolute Gasteiger partial charge is 0.399 e. The first-order chi connectivity index (χ1) is 9.98. The van der Waals surface area contributed by atoms with Gasteiger partial charge in [0.1, 0.15) is 0 Å². The predicted octanol–water partition coefficient (Wildman–Crippen LogP) is 4.12. The molecule has 0 unspecified atom stereocenters. The molecule has 122 valence electrons. The van der Waals surface area contributed by atoms with Crippen LogP contribution in [0.15, 0.2) is 23.1 Å². The maximum Gasteiger partial charge on any atom is 0.495 e. The highest BCUT2D eigenvalue weighted by Gasteiger charge is 2.52. The van der Waals surface area contributed by atoms with Gasteiger partial charge in [-0.2, -0.15) is 13.2 Å². The van der Waals surface area contributed by atoms with Gasteiger partial charge in [-0.3, -0.25) is 0 Å². The van der Waals surface area contributed by atoms with E-state index in [1.807, 2.05) is 34.6 Å². The van der Waals surface area contributed by atoms with Crippen molar-refractivity contribution in [1.82, 2.24) is 0 Å². The molecular formula is C15H20BF3O2S. The summed E-state index contributed by atoms with van der Waals surface area (Å²) in [7, 11) is -0.652. The number of halogens is 3. The highest BCUT2D eigenvalue weighted by molar-refractivity contribution is 7.99. The lowest BCUT2D eigenvalue weighted by molar-refractivity contribution is -0.137. The lowest BCUT2D eigenvalue weighted by Crippen LogP contribution is -2.41. The summed E-state index contributed by atoms with van der Waals surface area (Å²) in [5.41, 5.74) is -1.04. The summed E-state index contributed by atoms with van der Waals surface area (Å²) in [6.07, 6.45) is -4.35. The molecule has 0 spiro atoms. The molecule has 22 heavy (non-hydrogen) atoms. The fourth-order valence-corrected chi connectivity index (χ4v) is 3.01. The van der Waals surface area contributed by atoms with Crippen LogP contribution in [0.1, 0.15) is 40.2 Å². The van der Waals surface area contributed by atoms with E-state index in [9.17, 15) is 13.2 Å². The summed E-state index contributed by atoms with van der Waals surface area (Å²) < 4.78 is 50.6. The summed E-state index contributed by atoms with van der Waals surface area (Å²) >= 11 is 1.36. The zero-order valence-corrected chi connectivity index (χ0v) is 14.2. The molecule has 1 aliphatic heterocycles. The van der Waals surface area contributed by atoms with Gasteiger partial charge in [0.25, 0.3) is 0 Å². The van der Waals surface area contributed by atoms with E-state index < -0.39 is 30.1 Å². The number of benzene rings is 1. The topological polar surface area (TPSA) is 18.5 Å². The Morgan fingerprint density at radius 2 is 1.64 bits per heavy atom. The molecule has 1 aliphatic rings. The highest BCUT2D eigenvalue weighted by Crippen LogP contribution is 2.38. The van der Waals surface area contributed by atoms with E-state index in [4.69, 9.17) is 9.31 Å². The molecule has 7 heteroatoms. The first kappa shape index (κ1) is 17.7. The van der Waals surface area contributed by atoms with Crippen LogP contribution < -0.4 is 5.46 Å². The summed E-state index contributed by atoms with van der Waals surface area (Å²) in [4.78, 5) is 0.552. The molecule has 1 aromatic carbocycles. The van der Waals surface area contributed by atoms with Gasteiger partial charge in [-0.1, -0.05) is 19.1 Å². The second-order valence-electron chi connectivity index (χ2n) is 6.27. The summed E-state index contributed by atoms with van der Waals surface area (Å²) in [6, 6.07) is 3.72. The monoisotopic (exact) mass is 332 g/mol. The lowest BCUT2D eigenvalue weighted by atomic mass is 9.78. The van der Waals surface area contributed by atoms with Crippen LogP contribution >= 0.6 is 11.8 Å². The Morgan fingerprint density at radius 1 is 1.09 bits per heavy atom. The number of hydrogen-bond donors (Lipinski definition) is 0. The maximum absolute atomic E-state index is 12.9. The number of hydrogen-bond acceptors (Lipinski definition) is 3. The second kappa shape index (κ2) is 5.76. The number of thioether (sulfide) groups is 1. The minimum atomic E-state index is -4.35. The van der Waals surface area contributed by atoms with Crippen molar-refractivity contribution in [2.24, 2.45) is 0 Å². The Labute approximate surface area is 133 Å². The van der Waals surface area contributed by atoms with Crippen molar-refractivity contribution in [3.8, 4) is 0 Å². The van der Waals surface area contributed by atoms with Crippen molar-refractivity contribution in [1.29, 1.82) is 0 Å². The van der Waals surface area contributed by atoms with E-state index in [2.05, 4.69) is 0 Å². The summed E-state index contributed by atoms with van der Waals surface area (Å²) in [5.74, 6) is 0.674. The fourth-order valence-electron chi connectivity index (χ4n) is 2.16.